The third-order valence-corrected chi connectivity index (χ3v) is 8.98. The van der Waals surface area contributed by atoms with Crippen LogP contribution < -0.4 is 0 Å². The molecular formula is C41H79NO6. The van der Waals surface area contributed by atoms with E-state index < -0.39 is 0 Å². The van der Waals surface area contributed by atoms with Crippen LogP contribution >= 0.6 is 0 Å². The van der Waals surface area contributed by atoms with Gasteiger partial charge < -0.3 is 19.1 Å². The van der Waals surface area contributed by atoms with Crippen molar-refractivity contribution in [3.05, 3.63) is 0 Å². The maximum atomic E-state index is 12.5. The fourth-order valence-electron chi connectivity index (χ4n) is 5.92. The van der Waals surface area contributed by atoms with Crippen molar-refractivity contribution in [3.8, 4) is 0 Å². The summed E-state index contributed by atoms with van der Waals surface area (Å²) in [4.78, 5) is 38.7. The SMILES string of the molecule is CC(C)CCCCCCOC(=O)CCCCCCCC(CCCCCCCC(=O)OCCCCCCC(C)C)OC(=O)CCCN(C)C. The minimum atomic E-state index is -0.0787. The van der Waals surface area contributed by atoms with Gasteiger partial charge in [-0.15, -0.1) is 0 Å². The van der Waals surface area contributed by atoms with Crippen molar-refractivity contribution >= 4 is 17.9 Å². The van der Waals surface area contributed by atoms with Crippen molar-refractivity contribution in [1.29, 1.82) is 0 Å². The number of rotatable bonds is 35. The molecule has 0 atom stereocenters. The molecule has 0 aliphatic rings. The van der Waals surface area contributed by atoms with E-state index in [9.17, 15) is 14.4 Å². The minimum absolute atomic E-state index is 0.0161. The third kappa shape index (κ3) is 35.7. The molecule has 7 nitrogen and oxygen atoms in total. The molecule has 0 bridgehead atoms. The van der Waals surface area contributed by atoms with E-state index in [1.807, 2.05) is 14.1 Å². The number of hydrogen-bond donors (Lipinski definition) is 0. The van der Waals surface area contributed by atoms with Crippen molar-refractivity contribution < 1.29 is 28.6 Å². The van der Waals surface area contributed by atoms with Crippen LogP contribution in [-0.4, -0.2) is 62.8 Å². The molecule has 0 rings (SSSR count). The van der Waals surface area contributed by atoms with Crippen LogP contribution in [0.3, 0.4) is 0 Å². The van der Waals surface area contributed by atoms with Gasteiger partial charge in [0.05, 0.1) is 13.2 Å². The number of esters is 3. The first-order valence-electron chi connectivity index (χ1n) is 20.3. The standard InChI is InChI=1S/C41H79NO6/c1-36(2)26-17-13-15-23-34-46-39(43)30-21-11-7-9-19-28-38(48-41(45)32-25-33-42(5)6)29-20-10-8-12-22-31-40(44)47-35-24-16-14-18-27-37(3)4/h36-38H,7-35H2,1-6H3. The Kier molecular flexibility index (Phi) is 32.7. The van der Waals surface area contributed by atoms with Crippen molar-refractivity contribution in [1.82, 2.24) is 4.90 Å². The molecule has 0 saturated carbocycles. The predicted octanol–water partition coefficient (Wildman–Crippen LogP) is 11.0. The zero-order valence-corrected chi connectivity index (χ0v) is 32.6. The second-order valence-electron chi connectivity index (χ2n) is 15.3. The lowest BCUT2D eigenvalue weighted by Gasteiger charge is -2.18. The van der Waals surface area contributed by atoms with Gasteiger partial charge in [0.15, 0.2) is 0 Å². The molecule has 284 valence electrons. The topological polar surface area (TPSA) is 82.1 Å². The van der Waals surface area contributed by atoms with Crippen LogP contribution in [0.25, 0.3) is 0 Å². The Morgan fingerprint density at radius 2 is 0.792 bits per heavy atom. The minimum Gasteiger partial charge on any atom is -0.466 e. The highest BCUT2D eigenvalue weighted by Gasteiger charge is 2.15. The van der Waals surface area contributed by atoms with Gasteiger partial charge in [-0.3, -0.25) is 14.4 Å². The molecular weight excluding hydrogens is 602 g/mol. The van der Waals surface area contributed by atoms with Crippen LogP contribution in [0.5, 0.6) is 0 Å². The molecule has 0 aliphatic carbocycles. The Morgan fingerprint density at radius 1 is 0.438 bits per heavy atom. The Labute approximate surface area is 297 Å². The molecule has 0 unspecified atom stereocenters. The summed E-state index contributed by atoms with van der Waals surface area (Å²) in [5, 5.41) is 0. The van der Waals surface area contributed by atoms with Gasteiger partial charge in [0.1, 0.15) is 6.10 Å². The number of carbonyl (C=O) groups is 3. The molecule has 0 radical (unpaired) electrons. The first kappa shape index (κ1) is 46.4. The van der Waals surface area contributed by atoms with Gasteiger partial charge >= 0.3 is 17.9 Å². The summed E-state index contributed by atoms with van der Waals surface area (Å²) in [6, 6.07) is 0. The Hall–Kier alpha value is -1.63. The number of nitrogens with zero attached hydrogens (tertiary/aromatic N) is 1. The van der Waals surface area contributed by atoms with Crippen molar-refractivity contribution in [3.63, 3.8) is 0 Å². The maximum Gasteiger partial charge on any atom is 0.306 e. The van der Waals surface area contributed by atoms with Crippen LogP contribution in [0.15, 0.2) is 0 Å². The first-order chi connectivity index (χ1) is 23.1. The number of carbonyl (C=O) groups excluding carboxylic acids is 3. The first-order valence-corrected chi connectivity index (χ1v) is 20.3. The van der Waals surface area contributed by atoms with E-state index in [2.05, 4.69) is 32.6 Å². The van der Waals surface area contributed by atoms with Gasteiger partial charge in [-0.1, -0.05) is 118 Å². The molecule has 7 heteroatoms. The van der Waals surface area contributed by atoms with E-state index in [1.165, 1.54) is 38.5 Å². The summed E-state index contributed by atoms with van der Waals surface area (Å²) >= 11 is 0. The van der Waals surface area contributed by atoms with Gasteiger partial charge in [-0.2, -0.15) is 0 Å². The van der Waals surface area contributed by atoms with Crippen molar-refractivity contribution in [2.24, 2.45) is 11.8 Å². The van der Waals surface area contributed by atoms with Crippen LogP contribution in [0.1, 0.15) is 195 Å². The fourth-order valence-corrected chi connectivity index (χ4v) is 5.92. The highest BCUT2D eigenvalue weighted by Crippen LogP contribution is 2.18. The maximum absolute atomic E-state index is 12.5. The normalized spacial score (nSPS) is 11.6. The monoisotopic (exact) mass is 682 g/mol. The zero-order valence-electron chi connectivity index (χ0n) is 32.6. The van der Waals surface area contributed by atoms with Crippen LogP contribution in [0.2, 0.25) is 0 Å². The average Bonchev–Trinajstić information content (AvgIpc) is 3.02. The lowest BCUT2D eigenvalue weighted by Crippen LogP contribution is -2.20. The van der Waals surface area contributed by atoms with Gasteiger partial charge in [-0.25, -0.2) is 0 Å². The van der Waals surface area contributed by atoms with Crippen molar-refractivity contribution in [2.45, 2.75) is 201 Å². The van der Waals surface area contributed by atoms with Crippen LogP contribution in [0, 0.1) is 11.8 Å². The van der Waals surface area contributed by atoms with Crippen LogP contribution in [-0.2, 0) is 28.6 Å². The number of ether oxygens (including phenoxy) is 3. The van der Waals surface area contributed by atoms with Crippen molar-refractivity contribution in [2.75, 3.05) is 33.9 Å². The van der Waals surface area contributed by atoms with Gasteiger partial charge in [0, 0.05) is 19.3 Å². The second-order valence-corrected chi connectivity index (χ2v) is 15.3. The molecule has 0 aromatic heterocycles. The molecule has 0 spiro atoms. The van der Waals surface area contributed by atoms with Crippen LogP contribution in [0.4, 0.5) is 0 Å². The lowest BCUT2D eigenvalue weighted by atomic mass is 10.0. The molecule has 0 saturated heterocycles. The summed E-state index contributed by atoms with van der Waals surface area (Å²) in [5.41, 5.74) is 0. The summed E-state index contributed by atoms with van der Waals surface area (Å²) in [6.07, 6.45) is 26.2. The van der Waals surface area contributed by atoms with Gasteiger partial charge in [-0.05, 0) is 90.3 Å². The fraction of sp³-hybridized carbons (Fsp3) is 0.927. The quantitative estimate of drug-likeness (QED) is 0.0374. The Bertz CT molecular complexity index is 705. The average molecular weight is 682 g/mol. The van der Waals surface area contributed by atoms with E-state index in [-0.39, 0.29) is 24.0 Å². The van der Waals surface area contributed by atoms with E-state index in [0.717, 1.165) is 128 Å². The summed E-state index contributed by atoms with van der Waals surface area (Å²) in [5.74, 6) is 1.34. The highest BCUT2D eigenvalue weighted by molar-refractivity contribution is 5.70. The van der Waals surface area contributed by atoms with Gasteiger partial charge in [0.25, 0.3) is 0 Å². The summed E-state index contributed by atoms with van der Waals surface area (Å²) < 4.78 is 16.7. The molecule has 0 heterocycles. The summed E-state index contributed by atoms with van der Waals surface area (Å²) in [6.45, 7) is 11.0. The van der Waals surface area contributed by atoms with Gasteiger partial charge in [0.2, 0.25) is 0 Å². The molecule has 0 amide bonds. The molecule has 48 heavy (non-hydrogen) atoms. The molecule has 0 N–H and O–H groups in total. The molecule has 0 aromatic rings. The number of hydrogen-bond acceptors (Lipinski definition) is 7. The van der Waals surface area contributed by atoms with E-state index in [1.54, 1.807) is 0 Å². The van der Waals surface area contributed by atoms with E-state index in [4.69, 9.17) is 14.2 Å². The largest absolute Gasteiger partial charge is 0.466 e. The lowest BCUT2D eigenvalue weighted by molar-refractivity contribution is -0.150. The number of unbranched alkanes of at least 4 members (excludes halogenated alkanes) is 14. The molecule has 0 aliphatic heterocycles. The third-order valence-electron chi connectivity index (χ3n) is 8.98. The second kappa shape index (κ2) is 33.8. The highest BCUT2D eigenvalue weighted by atomic mass is 16.5. The van der Waals surface area contributed by atoms with E-state index >= 15 is 0 Å². The zero-order chi connectivity index (χ0) is 35.7. The molecule has 0 fully saturated rings. The smallest absolute Gasteiger partial charge is 0.306 e. The van der Waals surface area contributed by atoms with E-state index in [0.29, 0.717) is 32.5 Å². The summed E-state index contributed by atoms with van der Waals surface area (Å²) in [7, 11) is 4.04. The Balaban J connectivity index is 4.06. The molecule has 0 aromatic carbocycles. The Morgan fingerprint density at radius 3 is 1.21 bits per heavy atom. The predicted molar refractivity (Wildman–Crippen MR) is 200 cm³/mol.